The smallest absolute Gasteiger partial charge is 0.164 e. The Hall–Kier alpha value is -7.47. The van der Waals surface area contributed by atoms with Gasteiger partial charge >= 0.3 is 0 Å². The van der Waals surface area contributed by atoms with Crippen molar-refractivity contribution in [2.75, 3.05) is 0 Å². The monoisotopic (exact) mass is 716 g/mol. The summed E-state index contributed by atoms with van der Waals surface area (Å²) in [6.45, 7) is 0. The van der Waals surface area contributed by atoms with Crippen LogP contribution >= 0.6 is 0 Å². The molecule has 0 N–H and O–H groups in total. The second-order valence-electron chi connectivity index (χ2n) is 14.2. The molecular weight excluding hydrogens is 683 g/mol. The van der Waals surface area contributed by atoms with Crippen LogP contribution < -0.4 is 4.48 Å². The fraction of sp³-hybridized carbons (Fsp3) is 0. The average Bonchev–Trinajstić information content (AvgIpc) is 3.76. The van der Waals surface area contributed by atoms with E-state index in [0.717, 1.165) is 33.4 Å². The minimum Gasteiger partial charge on any atom is -0.309 e. The van der Waals surface area contributed by atoms with Crippen LogP contribution in [0, 0.1) is 0 Å². The van der Waals surface area contributed by atoms with E-state index < -0.39 is 0 Å². The molecule has 10 aromatic rings. The molecular formula is C51H34N5+. The zero-order valence-corrected chi connectivity index (χ0v) is 30.4. The summed E-state index contributed by atoms with van der Waals surface area (Å²) in [5.74, 6) is 1.91. The van der Waals surface area contributed by atoms with Gasteiger partial charge in [-0.25, -0.2) is 15.0 Å². The van der Waals surface area contributed by atoms with Crippen molar-refractivity contribution < 1.29 is 0 Å². The Morgan fingerprint density at radius 2 is 0.857 bits per heavy atom. The third-order valence-electron chi connectivity index (χ3n) is 11.1. The first-order valence-corrected chi connectivity index (χ1v) is 18.9. The molecule has 0 aliphatic carbocycles. The fourth-order valence-electron chi connectivity index (χ4n) is 8.63. The predicted octanol–water partition coefficient (Wildman–Crippen LogP) is 13.3. The van der Waals surface area contributed by atoms with E-state index in [1.807, 2.05) is 60.7 Å². The van der Waals surface area contributed by atoms with E-state index in [1.54, 1.807) is 0 Å². The van der Waals surface area contributed by atoms with Gasteiger partial charge in [-0.1, -0.05) is 140 Å². The van der Waals surface area contributed by atoms with Gasteiger partial charge in [0.15, 0.2) is 28.8 Å². The number of rotatable bonds is 6. The molecule has 3 heterocycles. The second kappa shape index (κ2) is 12.8. The molecule has 1 aliphatic rings. The molecule has 0 bridgehead atoms. The lowest BCUT2D eigenvalue weighted by Gasteiger charge is -2.34. The Bertz CT molecular complexity index is 2970. The summed E-state index contributed by atoms with van der Waals surface area (Å²) in [5.41, 5.74) is 13.4. The molecule has 0 spiro atoms. The third kappa shape index (κ3) is 4.88. The molecule has 262 valence electrons. The molecule has 5 nitrogen and oxygen atoms in total. The summed E-state index contributed by atoms with van der Waals surface area (Å²) in [6.07, 6.45) is 0. The van der Waals surface area contributed by atoms with Crippen molar-refractivity contribution in [3.05, 3.63) is 206 Å². The Balaban J connectivity index is 1.17. The summed E-state index contributed by atoms with van der Waals surface area (Å²) in [5, 5.41) is 2.41. The zero-order chi connectivity index (χ0) is 37.1. The molecule has 8 aromatic carbocycles. The lowest BCUT2D eigenvalue weighted by molar-refractivity contribution is 0.721. The van der Waals surface area contributed by atoms with E-state index in [-0.39, 0.29) is 0 Å². The highest BCUT2D eigenvalue weighted by Crippen LogP contribution is 2.63. The number of fused-ring (bicyclic) bond motifs is 6. The standard InChI is InChI=1S/C51H34N5/c1-5-18-35(19-6-1)49-52-50(36-20-7-2-8-21-36)54-51(53-49)37-22-17-23-38(32-37)55-45-30-15-13-28-41(45)43-33-44-42-29-14-16-31-47(42)56(48(44)34-46(43)55,39-24-9-3-10-25-39)40-26-11-4-12-27-40/h1-34H/q+1. The van der Waals surface area contributed by atoms with Gasteiger partial charge in [-0.2, -0.15) is 4.48 Å². The summed E-state index contributed by atoms with van der Waals surface area (Å²) < 4.78 is 2.89. The van der Waals surface area contributed by atoms with E-state index in [9.17, 15) is 0 Å². The number of quaternary nitrogens is 1. The van der Waals surface area contributed by atoms with Crippen LogP contribution in [-0.2, 0) is 0 Å². The SMILES string of the molecule is c1ccc(-c2nc(-c3ccccc3)nc(-c3cccc(-n4c5ccccc5c5cc6c(cc54)[N+](c4ccccc4)(c4ccccc4)c4ccccc4-6)c3)n2)cc1. The third-order valence-corrected chi connectivity index (χ3v) is 11.1. The summed E-state index contributed by atoms with van der Waals surface area (Å²) in [7, 11) is 0. The molecule has 0 fully saturated rings. The number of para-hydroxylation sites is 4. The Morgan fingerprint density at radius 1 is 0.339 bits per heavy atom. The lowest BCUT2D eigenvalue weighted by atomic mass is 10.0. The van der Waals surface area contributed by atoms with Gasteiger partial charge < -0.3 is 4.57 Å². The number of hydrogen-bond donors (Lipinski definition) is 0. The molecule has 5 heteroatoms. The second-order valence-corrected chi connectivity index (χ2v) is 14.2. The maximum atomic E-state index is 5.07. The van der Waals surface area contributed by atoms with E-state index in [2.05, 4.69) is 150 Å². The van der Waals surface area contributed by atoms with Crippen LogP contribution in [0.2, 0.25) is 0 Å². The molecule has 0 unspecified atom stereocenters. The fourth-order valence-corrected chi connectivity index (χ4v) is 8.63. The van der Waals surface area contributed by atoms with Crippen LogP contribution in [-0.4, -0.2) is 19.5 Å². The molecule has 2 aromatic heterocycles. The van der Waals surface area contributed by atoms with E-state index in [1.165, 1.54) is 44.6 Å². The molecule has 0 radical (unpaired) electrons. The highest BCUT2D eigenvalue weighted by Gasteiger charge is 2.48. The van der Waals surface area contributed by atoms with E-state index >= 15 is 0 Å². The van der Waals surface area contributed by atoms with Crippen molar-refractivity contribution in [2.45, 2.75) is 0 Å². The topological polar surface area (TPSA) is 43.6 Å². The zero-order valence-electron chi connectivity index (χ0n) is 30.4. The first kappa shape index (κ1) is 32.0. The van der Waals surface area contributed by atoms with E-state index in [0.29, 0.717) is 22.0 Å². The minimum atomic E-state index is 0.486. The maximum absolute atomic E-state index is 5.07. The first-order chi connectivity index (χ1) is 27.8. The average molecular weight is 717 g/mol. The van der Waals surface area contributed by atoms with Gasteiger partial charge in [-0.15, -0.1) is 0 Å². The highest BCUT2D eigenvalue weighted by molar-refractivity contribution is 6.15. The quantitative estimate of drug-likeness (QED) is 0.161. The highest BCUT2D eigenvalue weighted by atomic mass is 15.4. The molecule has 0 atom stereocenters. The van der Waals surface area contributed by atoms with Crippen LogP contribution in [0.3, 0.4) is 0 Å². The summed E-state index contributed by atoms with van der Waals surface area (Å²) >= 11 is 0. The Labute approximate surface area is 324 Å². The van der Waals surface area contributed by atoms with Crippen LogP contribution in [0.1, 0.15) is 0 Å². The van der Waals surface area contributed by atoms with Gasteiger partial charge in [0.2, 0.25) is 0 Å². The summed E-state index contributed by atoms with van der Waals surface area (Å²) in [4.78, 5) is 15.1. The maximum Gasteiger partial charge on any atom is 0.164 e. The molecule has 0 saturated carbocycles. The Kier molecular flexibility index (Phi) is 7.34. The van der Waals surface area contributed by atoms with Gasteiger partial charge in [0, 0.05) is 69.5 Å². The predicted molar refractivity (Wildman–Crippen MR) is 230 cm³/mol. The van der Waals surface area contributed by atoms with Crippen molar-refractivity contribution in [3.8, 4) is 51.0 Å². The first-order valence-electron chi connectivity index (χ1n) is 18.9. The number of benzene rings is 8. The molecule has 56 heavy (non-hydrogen) atoms. The Morgan fingerprint density at radius 3 is 1.50 bits per heavy atom. The van der Waals surface area contributed by atoms with Crippen molar-refractivity contribution in [1.29, 1.82) is 0 Å². The molecule has 11 rings (SSSR count). The van der Waals surface area contributed by atoms with Crippen molar-refractivity contribution >= 4 is 44.6 Å². The number of aromatic nitrogens is 4. The largest absolute Gasteiger partial charge is 0.309 e. The molecule has 0 amide bonds. The number of nitrogens with zero attached hydrogens (tertiary/aromatic N) is 5. The number of hydrogen-bond acceptors (Lipinski definition) is 3. The molecule has 1 aliphatic heterocycles. The van der Waals surface area contributed by atoms with Crippen LogP contribution in [0.4, 0.5) is 22.7 Å². The van der Waals surface area contributed by atoms with Gasteiger partial charge in [-0.05, 0) is 30.3 Å². The normalized spacial score (nSPS) is 12.8. The minimum absolute atomic E-state index is 0.486. The molecule has 0 saturated heterocycles. The van der Waals surface area contributed by atoms with Crippen LogP contribution in [0.5, 0.6) is 0 Å². The lowest BCUT2D eigenvalue weighted by Crippen LogP contribution is -2.31. The van der Waals surface area contributed by atoms with Crippen LogP contribution in [0.15, 0.2) is 206 Å². The van der Waals surface area contributed by atoms with Gasteiger partial charge in [-0.3, -0.25) is 0 Å². The van der Waals surface area contributed by atoms with Crippen molar-refractivity contribution in [2.24, 2.45) is 0 Å². The van der Waals surface area contributed by atoms with Gasteiger partial charge in [0.1, 0.15) is 11.4 Å². The van der Waals surface area contributed by atoms with Gasteiger partial charge in [0.25, 0.3) is 0 Å². The van der Waals surface area contributed by atoms with E-state index in [4.69, 9.17) is 15.0 Å². The van der Waals surface area contributed by atoms with Crippen molar-refractivity contribution in [1.82, 2.24) is 24.0 Å². The van der Waals surface area contributed by atoms with Crippen LogP contribution in [0.25, 0.3) is 72.8 Å². The van der Waals surface area contributed by atoms with Gasteiger partial charge in [0.05, 0.1) is 22.2 Å². The van der Waals surface area contributed by atoms with Crippen molar-refractivity contribution in [3.63, 3.8) is 0 Å². The summed E-state index contributed by atoms with van der Waals surface area (Å²) in [6, 6.07) is 73.1.